The van der Waals surface area contributed by atoms with Gasteiger partial charge >= 0.3 is 0 Å². The Morgan fingerprint density at radius 2 is 2.00 bits per heavy atom. The van der Waals surface area contributed by atoms with Gasteiger partial charge in [-0.15, -0.1) is 0 Å². The van der Waals surface area contributed by atoms with Gasteiger partial charge in [-0.1, -0.05) is 0 Å². The van der Waals surface area contributed by atoms with Crippen LogP contribution in [0.4, 0.5) is 8.78 Å². The molecule has 1 aliphatic carbocycles. The van der Waals surface area contributed by atoms with Crippen LogP contribution in [0.2, 0.25) is 0 Å². The summed E-state index contributed by atoms with van der Waals surface area (Å²) in [4.78, 5) is 0. The fraction of sp³-hybridized carbons (Fsp3) is 1.00. The topological polar surface area (TPSA) is 47.3 Å². The third kappa shape index (κ3) is 3.87. The zero-order valence-electron chi connectivity index (χ0n) is 10.8. The van der Waals surface area contributed by atoms with E-state index in [0.717, 1.165) is 32.3 Å². The number of alkyl halides is 2. The first-order valence-electron chi connectivity index (χ1n) is 7.06. The van der Waals surface area contributed by atoms with E-state index in [-0.39, 0.29) is 24.8 Å². The van der Waals surface area contributed by atoms with Crippen molar-refractivity contribution in [3.63, 3.8) is 0 Å². The average molecular weight is 262 g/mol. The molecule has 0 spiro atoms. The molecule has 0 aromatic carbocycles. The number of nitrogens with one attached hydrogen (secondary N) is 1. The van der Waals surface area contributed by atoms with E-state index >= 15 is 0 Å². The minimum absolute atomic E-state index is 0.00970. The molecule has 1 heterocycles. The van der Waals surface area contributed by atoms with Crippen LogP contribution in [0.5, 0.6) is 0 Å². The first-order chi connectivity index (χ1) is 8.61. The molecule has 3 N–H and O–H groups in total. The van der Waals surface area contributed by atoms with Gasteiger partial charge in [0.2, 0.25) is 5.92 Å². The molecule has 5 heteroatoms. The second-order valence-electron chi connectivity index (χ2n) is 5.68. The van der Waals surface area contributed by atoms with Gasteiger partial charge in [-0.25, -0.2) is 8.78 Å². The lowest BCUT2D eigenvalue weighted by molar-refractivity contribution is -0.0503. The van der Waals surface area contributed by atoms with Crippen LogP contribution in [0.15, 0.2) is 0 Å². The van der Waals surface area contributed by atoms with Crippen LogP contribution in [0.3, 0.4) is 0 Å². The first-order valence-corrected chi connectivity index (χ1v) is 7.06. The quantitative estimate of drug-likeness (QED) is 0.591. The Bertz CT molecular complexity index is 247. The zero-order valence-corrected chi connectivity index (χ0v) is 10.8. The van der Waals surface area contributed by atoms with Crippen LogP contribution < -0.4 is 11.3 Å². The molecule has 2 atom stereocenters. The van der Waals surface area contributed by atoms with E-state index in [0.29, 0.717) is 18.9 Å². The first kappa shape index (κ1) is 14.2. The molecule has 0 amide bonds. The lowest BCUT2D eigenvalue weighted by Crippen LogP contribution is -2.43. The molecule has 2 fully saturated rings. The predicted octanol–water partition coefficient (Wildman–Crippen LogP) is 2.60. The fourth-order valence-corrected chi connectivity index (χ4v) is 3.16. The Labute approximate surface area is 107 Å². The molecule has 0 radical (unpaired) electrons. The Hall–Kier alpha value is -0.260. The van der Waals surface area contributed by atoms with E-state index in [1.807, 2.05) is 0 Å². The van der Waals surface area contributed by atoms with Crippen molar-refractivity contribution in [3.8, 4) is 0 Å². The normalized spacial score (nSPS) is 30.5. The van der Waals surface area contributed by atoms with Gasteiger partial charge in [0.15, 0.2) is 0 Å². The number of ether oxygens (including phenoxy) is 1. The molecule has 0 aromatic rings. The summed E-state index contributed by atoms with van der Waals surface area (Å²) in [6, 6.07) is 0.158. The van der Waals surface area contributed by atoms with Crippen molar-refractivity contribution in [3.05, 3.63) is 0 Å². The minimum atomic E-state index is -2.45. The maximum absolute atomic E-state index is 13.1. The largest absolute Gasteiger partial charge is 0.378 e. The maximum atomic E-state index is 13.1. The molecule has 0 aromatic heterocycles. The van der Waals surface area contributed by atoms with Gasteiger partial charge in [0.25, 0.3) is 0 Å². The molecule has 1 saturated heterocycles. The van der Waals surface area contributed by atoms with Gasteiger partial charge in [0.05, 0.1) is 6.10 Å². The van der Waals surface area contributed by atoms with Crippen molar-refractivity contribution >= 4 is 0 Å². The summed E-state index contributed by atoms with van der Waals surface area (Å²) in [6.45, 7) is 0.862. The monoisotopic (exact) mass is 262 g/mol. The summed E-state index contributed by atoms with van der Waals surface area (Å²) >= 11 is 0. The highest BCUT2D eigenvalue weighted by Crippen LogP contribution is 2.38. The molecule has 106 valence electrons. The molecular weight excluding hydrogens is 238 g/mol. The van der Waals surface area contributed by atoms with Gasteiger partial charge in [-0.2, -0.15) is 0 Å². The van der Waals surface area contributed by atoms with Crippen molar-refractivity contribution < 1.29 is 13.5 Å². The molecule has 2 rings (SSSR count). The molecule has 0 bridgehead atoms. The fourth-order valence-electron chi connectivity index (χ4n) is 3.16. The smallest absolute Gasteiger partial charge is 0.248 e. The number of rotatable bonds is 5. The van der Waals surface area contributed by atoms with Crippen molar-refractivity contribution in [2.75, 3.05) is 6.61 Å². The molecule has 18 heavy (non-hydrogen) atoms. The Morgan fingerprint density at radius 3 is 2.56 bits per heavy atom. The lowest BCUT2D eigenvalue weighted by atomic mass is 9.80. The van der Waals surface area contributed by atoms with Crippen LogP contribution in [0.1, 0.15) is 51.4 Å². The van der Waals surface area contributed by atoms with Crippen LogP contribution in [0, 0.1) is 5.92 Å². The zero-order chi connectivity index (χ0) is 13.0. The van der Waals surface area contributed by atoms with E-state index in [1.165, 1.54) is 0 Å². The average Bonchev–Trinajstić information content (AvgIpc) is 2.84. The Morgan fingerprint density at radius 1 is 1.28 bits per heavy atom. The molecule has 1 saturated carbocycles. The highest BCUT2D eigenvalue weighted by molar-refractivity contribution is 4.84. The van der Waals surface area contributed by atoms with Crippen LogP contribution in [-0.2, 0) is 4.74 Å². The van der Waals surface area contributed by atoms with Crippen molar-refractivity contribution in [1.82, 2.24) is 5.43 Å². The molecule has 1 aliphatic heterocycles. The van der Waals surface area contributed by atoms with Crippen LogP contribution in [-0.4, -0.2) is 24.7 Å². The van der Waals surface area contributed by atoms with E-state index in [1.54, 1.807) is 0 Å². The second kappa shape index (κ2) is 6.26. The number of hydrogen-bond acceptors (Lipinski definition) is 3. The van der Waals surface area contributed by atoms with Crippen LogP contribution >= 0.6 is 0 Å². The third-order valence-electron chi connectivity index (χ3n) is 4.37. The summed E-state index contributed by atoms with van der Waals surface area (Å²) in [5.74, 6) is 3.41. The Balaban J connectivity index is 1.74. The molecular formula is C13H24F2N2O. The molecule has 3 nitrogen and oxygen atoms in total. The number of nitrogens with two attached hydrogens (primary N) is 1. The van der Waals surface area contributed by atoms with Gasteiger partial charge < -0.3 is 4.74 Å². The van der Waals surface area contributed by atoms with E-state index in [2.05, 4.69) is 5.43 Å². The summed E-state index contributed by atoms with van der Waals surface area (Å²) in [5.41, 5.74) is 2.82. The van der Waals surface area contributed by atoms with E-state index in [4.69, 9.17) is 10.6 Å². The number of hydrazine groups is 1. The standard InChI is InChI=1S/C13H24F2N2O/c14-13(15)7-5-10(6-8-13)12(17-16)4-3-11-2-1-9-18-11/h10-12,17H,1-9,16H2. The Kier molecular flexibility index (Phi) is 4.92. The highest BCUT2D eigenvalue weighted by atomic mass is 19.3. The van der Waals surface area contributed by atoms with Crippen LogP contribution in [0.25, 0.3) is 0 Å². The summed E-state index contributed by atoms with van der Waals surface area (Å²) in [7, 11) is 0. The molecule has 2 unspecified atom stereocenters. The third-order valence-corrected chi connectivity index (χ3v) is 4.37. The summed E-state index contributed by atoms with van der Waals surface area (Å²) < 4.78 is 31.8. The lowest BCUT2D eigenvalue weighted by Gasteiger charge is -2.33. The van der Waals surface area contributed by atoms with Gasteiger partial charge in [0, 0.05) is 25.5 Å². The number of halogens is 2. The van der Waals surface area contributed by atoms with Gasteiger partial charge in [-0.05, 0) is 44.4 Å². The summed E-state index contributed by atoms with van der Waals surface area (Å²) in [5, 5.41) is 0. The summed E-state index contributed by atoms with van der Waals surface area (Å²) in [6.07, 6.45) is 5.71. The van der Waals surface area contributed by atoms with Gasteiger partial charge in [-0.3, -0.25) is 11.3 Å². The van der Waals surface area contributed by atoms with Crippen molar-refractivity contribution in [2.24, 2.45) is 11.8 Å². The van der Waals surface area contributed by atoms with E-state index < -0.39 is 5.92 Å². The SMILES string of the molecule is NNC(CCC1CCCO1)C1CCC(F)(F)CC1. The number of hydrogen-bond donors (Lipinski definition) is 2. The maximum Gasteiger partial charge on any atom is 0.248 e. The van der Waals surface area contributed by atoms with Crippen molar-refractivity contribution in [1.29, 1.82) is 0 Å². The molecule has 2 aliphatic rings. The van der Waals surface area contributed by atoms with Crippen molar-refractivity contribution in [2.45, 2.75) is 69.4 Å². The predicted molar refractivity (Wildman–Crippen MR) is 66.2 cm³/mol. The second-order valence-corrected chi connectivity index (χ2v) is 5.68. The van der Waals surface area contributed by atoms with Gasteiger partial charge in [0.1, 0.15) is 0 Å². The van der Waals surface area contributed by atoms with E-state index in [9.17, 15) is 8.78 Å². The highest BCUT2D eigenvalue weighted by Gasteiger charge is 2.37. The minimum Gasteiger partial charge on any atom is -0.378 e.